The number of nitrogens with two attached hydrogens (primary N) is 1. The second-order valence-corrected chi connectivity index (χ2v) is 11.1. The smallest absolute Gasteiger partial charge is 0.242 e. The van der Waals surface area contributed by atoms with E-state index in [1.165, 1.54) is 17.7 Å². The Morgan fingerprint density at radius 2 is 1.66 bits per heavy atom. The van der Waals surface area contributed by atoms with Gasteiger partial charge in [0.2, 0.25) is 11.8 Å². The van der Waals surface area contributed by atoms with Crippen molar-refractivity contribution in [3.63, 3.8) is 0 Å². The van der Waals surface area contributed by atoms with Gasteiger partial charge in [-0.05, 0) is 86.6 Å². The Morgan fingerprint density at radius 3 is 2.32 bits per heavy atom. The minimum Gasteiger partial charge on any atom is -0.354 e. The van der Waals surface area contributed by atoms with Gasteiger partial charge in [-0.25, -0.2) is 4.39 Å². The minimum absolute atomic E-state index is 0.0457. The zero-order valence-electron chi connectivity index (χ0n) is 22.7. The number of benzene rings is 2. The highest BCUT2D eigenvalue weighted by Crippen LogP contribution is 2.28. The van der Waals surface area contributed by atoms with E-state index in [-0.39, 0.29) is 23.7 Å². The summed E-state index contributed by atoms with van der Waals surface area (Å²) in [6.07, 6.45) is 6.73. The number of nitrogens with one attached hydrogen (secondary N) is 1. The molecule has 1 aliphatic carbocycles. The Labute approximate surface area is 226 Å². The van der Waals surface area contributed by atoms with Crippen LogP contribution >= 0.6 is 0 Å². The molecular weight excluding hydrogens is 479 g/mol. The number of carbonyl (C=O) groups is 2. The molecule has 1 heterocycles. The maximum atomic E-state index is 13.6. The first-order chi connectivity index (χ1) is 18.4. The van der Waals surface area contributed by atoms with Gasteiger partial charge in [0.05, 0.1) is 0 Å². The van der Waals surface area contributed by atoms with Crippen LogP contribution in [-0.2, 0) is 22.6 Å². The van der Waals surface area contributed by atoms with E-state index >= 15 is 0 Å². The Kier molecular flexibility index (Phi) is 10.3. The number of hydrogen-bond acceptors (Lipinski definition) is 4. The van der Waals surface area contributed by atoms with E-state index in [9.17, 15) is 14.0 Å². The Hall–Kier alpha value is -2.77. The molecule has 2 aromatic carbocycles. The molecule has 2 amide bonds. The van der Waals surface area contributed by atoms with Crippen molar-refractivity contribution in [3.05, 3.63) is 71.5 Å². The number of rotatable bonds is 10. The molecule has 1 saturated heterocycles. The van der Waals surface area contributed by atoms with Crippen LogP contribution in [0.4, 0.5) is 4.39 Å². The van der Waals surface area contributed by atoms with Crippen LogP contribution in [0.1, 0.15) is 56.6 Å². The lowest BCUT2D eigenvalue weighted by Gasteiger charge is -2.43. The molecule has 4 rings (SSSR count). The van der Waals surface area contributed by atoms with Crippen LogP contribution in [0.15, 0.2) is 54.6 Å². The molecule has 6 nitrogen and oxygen atoms in total. The van der Waals surface area contributed by atoms with Crippen LogP contribution < -0.4 is 11.1 Å². The molecule has 0 bridgehead atoms. The molecule has 206 valence electrons. The second-order valence-electron chi connectivity index (χ2n) is 11.1. The second kappa shape index (κ2) is 13.9. The molecule has 2 aromatic rings. The van der Waals surface area contributed by atoms with Gasteiger partial charge in [-0.2, -0.15) is 0 Å². The van der Waals surface area contributed by atoms with E-state index in [0.29, 0.717) is 37.9 Å². The molecular formula is C31H43FN4O2. The van der Waals surface area contributed by atoms with Crippen molar-refractivity contribution >= 4 is 11.8 Å². The molecule has 3 N–H and O–H groups in total. The van der Waals surface area contributed by atoms with Crippen molar-refractivity contribution in [3.8, 4) is 0 Å². The SMILES string of the molecule is CC(=O)N1CCC(N(CCc2ccccc2)Cc2ccc(F)cc2)C[C@@H]1C(=O)NCC1CCC(CN)CC1. The molecule has 38 heavy (non-hydrogen) atoms. The summed E-state index contributed by atoms with van der Waals surface area (Å²) < 4.78 is 13.6. The number of piperidine rings is 1. The van der Waals surface area contributed by atoms with Crippen LogP contribution in [0, 0.1) is 17.7 Å². The molecule has 7 heteroatoms. The standard InChI is InChI=1S/C31H43FN4O2/c1-23(37)36-18-16-29(19-30(36)31(38)34-21-26-9-7-25(20-33)8-10-26)35(17-15-24-5-3-2-4-6-24)22-27-11-13-28(32)14-12-27/h2-6,11-14,25-26,29-30H,7-10,15-22,33H2,1H3,(H,34,38)/t25?,26?,29?,30-/m1/s1. The lowest BCUT2D eigenvalue weighted by Crippen LogP contribution is -2.57. The predicted octanol–water partition coefficient (Wildman–Crippen LogP) is 4.13. The number of halogens is 1. The van der Waals surface area contributed by atoms with Crippen molar-refractivity contribution in [2.24, 2.45) is 17.6 Å². The van der Waals surface area contributed by atoms with E-state index in [1.807, 2.05) is 30.3 Å². The van der Waals surface area contributed by atoms with Gasteiger partial charge in [0.1, 0.15) is 11.9 Å². The van der Waals surface area contributed by atoms with Crippen molar-refractivity contribution in [2.75, 3.05) is 26.2 Å². The highest BCUT2D eigenvalue weighted by atomic mass is 19.1. The van der Waals surface area contributed by atoms with Crippen molar-refractivity contribution in [1.29, 1.82) is 0 Å². The summed E-state index contributed by atoms with van der Waals surface area (Å²) in [4.78, 5) is 30.1. The highest BCUT2D eigenvalue weighted by molar-refractivity contribution is 5.87. The van der Waals surface area contributed by atoms with Gasteiger partial charge in [-0.1, -0.05) is 42.5 Å². The van der Waals surface area contributed by atoms with E-state index in [1.54, 1.807) is 11.8 Å². The maximum absolute atomic E-state index is 13.6. The minimum atomic E-state index is -0.473. The topological polar surface area (TPSA) is 78.7 Å². The van der Waals surface area contributed by atoms with E-state index in [0.717, 1.165) is 57.2 Å². The average molecular weight is 523 g/mol. The normalized spacial score (nSPS) is 23.8. The fourth-order valence-corrected chi connectivity index (χ4v) is 6.07. The van der Waals surface area contributed by atoms with Crippen LogP contribution in [-0.4, -0.2) is 59.9 Å². The summed E-state index contributed by atoms with van der Waals surface area (Å²) in [6, 6.07) is 16.7. The summed E-state index contributed by atoms with van der Waals surface area (Å²) in [5, 5.41) is 3.19. The van der Waals surface area contributed by atoms with Gasteiger partial charge in [0, 0.05) is 39.1 Å². The fourth-order valence-electron chi connectivity index (χ4n) is 6.07. The average Bonchev–Trinajstić information content (AvgIpc) is 2.95. The molecule has 1 aliphatic heterocycles. The lowest BCUT2D eigenvalue weighted by atomic mass is 9.82. The molecule has 0 radical (unpaired) electrons. The highest BCUT2D eigenvalue weighted by Gasteiger charge is 2.37. The van der Waals surface area contributed by atoms with Gasteiger partial charge in [-0.3, -0.25) is 14.5 Å². The van der Waals surface area contributed by atoms with E-state index in [2.05, 4.69) is 22.3 Å². The summed E-state index contributed by atoms with van der Waals surface area (Å²) in [6.45, 7) is 5.03. The maximum Gasteiger partial charge on any atom is 0.242 e. The van der Waals surface area contributed by atoms with E-state index < -0.39 is 6.04 Å². The number of hydrogen-bond donors (Lipinski definition) is 2. The van der Waals surface area contributed by atoms with Gasteiger partial charge < -0.3 is 16.0 Å². The van der Waals surface area contributed by atoms with Crippen LogP contribution in [0.3, 0.4) is 0 Å². The molecule has 2 aliphatic rings. The first kappa shape index (κ1) is 28.2. The third kappa shape index (κ3) is 7.87. The largest absolute Gasteiger partial charge is 0.354 e. The quantitative estimate of drug-likeness (QED) is 0.492. The number of carbonyl (C=O) groups excluding carboxylic acids is 2. The van der Waals surface area contributed by atoms with Gasteiger partial charge >= 0.3 is 0 Å². The van der Waals surface area contributed by atoms with Gasteiger partial charge in [0.15, 0.2) is 0 Å². The summed E-state index contributed by atoms with van der Waals surface area (Å²) in [5.74, 6) is 0.745. The van der Waals surface area contributed by atoms with E-state index in [4.69, 9.17) is 5.73 Å². The monoisotopic (exact) mass is 522 g/mol. The summed E-state index contributed by atoms with van der Waals surface area (Å²) >= 11 is 0. The van der Waals surface area contributed by atoms with Crippen LogP contribution in [0.5, 0.6) is 0 Å². The lowest BCUT2D eigenvalue weighted by molar-refractivity contribution is -0.142. The summed E-state index contributed by atoms with van der Waals surface area (Å²) in [7, 11) is 0. The Bertz CT molecular complexity index is 1020. The fraction of sp³-hybridized carbons (Fsp3) is 0.548. The molecule has 2 fully saturated rings. The molecule has 2 atom stereocenters. The summed E-state index contributed by atoms with van der Waals surface area (Å²) in [5.41, 5.74) is 8.14. The molecule has 1 unspecified atom stereocenters. The van der Waals surface area contributed by atoms with Crippen molar-refractivity contribution in [2.45, 2.75) is 70.5 Å². The zero-order valence-corrected chi connectivity index (χ0v) is 22.7. The third-order valence-electron chi connectivity index (χ3n) is 8.49. The van der Waals surface area contributed by atoms with Gasteiger partial charge in [-0.15, -0.1) is 0 Å². The third-order valence-corrected chi connectivity index (χ3v) is 8.49. The van der Waals surface area contributed by atoms with Crippen LogP contribution in [0.25, 0.3) is 0 Å². The molecule has 0 aromatic heterocycles. The Morgan fingerprint density at radius 1 is 0.974 bits per heavy atom. The predicted molar refractivity (Wildman–Crippen MR) is 149 cm³/mol. The first-order valence-electron chi connectivity index (χ1n) is 14.2. The number of amides is 2. The first-order valence-corrected chi connectivity index (χ1v) is 14.2. The van der Waals surface area contributed by atoms with Gasteiger partial charge in [0.25, 0.3) is 0 Å². The number of likely N-dealkylation sites (tertiary alicyclic amines) is 1. The molecule has 0 spiro atoms. The number of nitrogens with zero attached hydrogens (tertiary/aromatic N) is 2. The van der Waals surface area contributed by atoms with Crippen molar-refractivity contribution < 1.29 is 14.0 Å². The van der Waals surface area contributed by atoms with Crippen LogP contribution in [0.2, 0.25) is 0 Å². The Balaban J connectivity index is 1.43. The van der Waals surface area contributed by atoms with Crippen molar-refractivity contribution in [1.82, 2.24) is 15.1 Å². The molecule has 1 saturated carbocycles. The zero-order chi connectivity index (χ0) is 26.9.